The smallest absolute Gasteiger partial charge is 0.407 e. The number of alkyl carbamates (subject to hydrolysis) is 1. The van der Waals surface area contributed by atoms with E-state index in [1.165, 1.54) is 6.20 Å². The first-order valence-corrected chi connectivity index (χ1v) is 8.35. The van der Waals surface area contributed by atoms with Crippen molar-refractivity contribution in [2.24, 2.45) is 5.92 Å². The molecule has 0 aliphatic carbocycles. The molecule has 0 fully saturated rings. The molecule has 1 unspecified atom stereocenters. The summed E-state index contributed by atoms with van der Waals surface area (Å²) < 4.78 is 5.30. The summed E-state index contributed by atoms with van der Waals surface area (Å²) >= 11 is 0. The monoisotopic (exact) mass is 337 g/mol. The zero-order chi connectivity index (χ0) is 18.4. The van der Waals surface area contributed by atoms with Crippen molar-refractivity contribution in [3.05, 3.63) is 24.0 Å². The van der Waals surface area contributed by atoms with Crippen LogP contribution in [0, 0.1) is 5.92 Å². The Kier molecular flexibility index (Phi) is 7.02. The maximum absolute atomic E-state index is 11.9. The highest BCUT2D eigenvalue weighted by molar-refractivity contribution is 5.67. The molecule has 0 aliphatic heterocycles. The Hall–Kier alpha value is -1.82. The molecule has 136 valence electrons. The number of nitrogens with one attached hydrogen (secondary N) is 2. The molecule has 3 N–H and O–H groups in total. The van der Waals surface area contributed by atoms with Gasteiger partial charge in [-0.1, -0.05) is 13.8 Å². The van der Waals surface area contributed by atoms with Crippen LogP contribution in [0.15, 0.2) is 18.3 Å². The molecule has 1 aromatic heterocycles. The predicted octanol–water partition coefficient (Wildman–Crippen LogP) is 3.21. The van der Waals surface area contributed by atoms with Crippen LogP contribution in [0.5, 0.6) is 5.75 Å². The van der Waals surface area contributed by atoms with Gasteiger partial charge in [-0.3, -0.25) is 4.98 Å². The van der Waals surface area contributed by atoms with Crippen molar-refractivity contribution in [3.8, 4) is 5.75 Å². The minimum absolute atomic E-state index is 0.148. The van der Waals surface area contributed by atoms with Crippen LogP contribution in [0.2, 0.25) is 0 Å². The van der Waals surface area contributed by atoms with E-state index < -0.39 is 11.7 Å². The van der Waals surface area contributed by atoms with Crippen LogP contribution in [0.25, 0.3) is 0 Å². The third-order valence-corrected chi connectivity index (χ3v) is 3.39. The number of nitrogens with zero attached hydrogens (tertiary/aromatic N) is 1. The van der Waals surface area contributed by atoms with Gasteiger partial charge in [0.2, 0.25) is 0 Å². The predicted molar refractivity (Wildman–Crippen MR) is 94.8 cm³/mol. The van der Waals surface area contributed by atoms with Crippen LogP contribution < -0.4 is 10.6 Å². The van der Waals surface area contributed by atoms with Gasteiger partial charge in [-0.2, -0.15) is 0 Å². The number of ether oxygens (including phenoxy) is 1. The minimum atomic E-state index is -0.512. The zero-order valence-corrected chi connectivity index (χ0v) is 15.6. The molecule has 1 atom stereocenters. The molecule has 0 radical (unpaired) electrons. The molecule has 0 aromatic carbocycles. The average molecular weight is 337 g/mol. The second-order valence-corrected chi connectivity index (χ2v) is 7.88. The molecule has 24 heavy (non-hydrogen) atoms. The van der Waals surface area contributed by atoms with E-state index in [0.29, 0.717) is 19.0 Å². The summed E-state index contributed by atoms with van der Waals surface area (Å²) in [5.41, 5.74) is 0.0343. The van der Waals surface area contributed by atoms with Crippen LogP contribution >= 0.6 is 0 Å². The first-order chi connectivity index (χ1) is 11.0. The summed E-state index contributed by atoms with van der Waals surface area (Å²) in [7, 11) is 0. The SMILES string of the molecule is CC(C)CC(C)(CNC(=O)OC(C)(C)C)NCc1ccc(O)cn1. The van der Waals surface area contributed by atoms with E-state index >= 15 is 0 Å². The molecule has 0 saturated carbocycles. The van der Waals surface area contributed by atoms with E-state index in [2.05, 4.69) is 36.4 Å². The quantitative estimate of drug-likeness (QED) is 0.711. The van der Waals surface area contributed by atoms with Crippen molar-refractivity contribution in [3.63, 3.8) is 0 Å². The molecular weight excluding hydrogens is 306 g/mol. The summed E-state index contributed by atoms with van der Waals surface area (Å²) in [5.74, 6) is 0.617. The molecule has 1 rings (SSSR count). The van der Waals surface area contributed by atoms with E-state index in [0.717, 1.165) is 12.1 Å². The van der Waals surface area contributed by atoms with Crippen molar-refractivity contribution in [1.29, 1.82) is 0 Å². The second-order valence-electron chi connectivity index (χ2n) is 7.88. The van der Waals surface area contributed by atoms with Crippen LogP contribution in [-0.4, -0.2) is 33.9 Å². The first kappa shape index (κ1) is 20.2. The van der Waals surface area contributed by atoms with Gasteiger partial charge in [-0.05, 0) is 52.2 Å². The molecule has 0 spiro atoms. The highest BCUT2D eigenvalue weighted by Gasteiger charge is 2.27. The van der Waals surface area contributed by atoms with Crippen molar-refractivity contribution in [2.75, 3.05) is 6.54 Å². The molecule has 6 heteroatoms. The van der Waals surface area contributed by atoms with Gasteiger partial charge in [0.15, 0.2) is 0 Å². The number of aromatic nitrogens is 1. The molecule has 0 bridgehead atoms. The Morgan fingerprint density at radius 3 is 2.46 bits per heavy atom. The fourth-order valence-electron chi connectivity index (χ4n) is 2.51. The lowest BCUT2D eigenvalue weighted by Gasteiger charge is -2.33. The molecule has 1 heterocycles. The molecule has 0 saturated heterocycles. The van der Waals surface area contributed by atoms with E-state index in [1.54, 1.807) is 12.1 Å². The van der Waals surface area contributed by atoms with Gasteiger partial charge in [0.05, 0.1) is 11.9 Å². The lowest BCUT2D eigenvalue weighted by Crippen LogP contribution is -2.52. The van der Waals surface area contributed by atoms with Gasteiger partial charge >= 0.3 is 6.09 Å². The van der Waals surface area contributed by atoms with E-state index in [4.69, 9.17) is 4.74 Å². The fraction of sp³-hybridized carbons (Fsp3) is 0.667. The topological polar surface area (TPSA) is 83.5 Å². The normalized spacial score (nSPS) is 14.3. The fourth-order valence-corrected chi connectivity index (χ4v) is 2.51. The summed E-state index contributed by atoms with van der Waals surface area (Å²) in [4.78, 5) is 16.1. The Labute approximate surface area is 145 Å². The van der Waals surface area contributed by atoms with E-state index in [9.17, 15) is 9.90 Å². The molecule has 0 aliphatic rings. The average Bonchev–Trinajstić information content (AvgIpc) is 2.42. The van der Waals surface area contributed by atoms with Gasteiger partial charge in [-0.15, -0.1) is 0 Å². The van der Waals surface area contributed by atoms with Gasteiger partial charge in [-0.25, -0.2) is 4.79 Å². The van der Waals surface area contributed by atoms with E-state index in [-0.39, 0.29) is 11.3 Å². The number of hydrogen-bond acceptors (Lipinski definition) is 5. The van der Waals surface area contributed by atoms with Crippen LogP contribution in [0.1, 0.15) is 53.7 Å². The first-order valence-electron chi connectivity index (χ1n) is 8.35. The number of pyridine rings is 1. The molecular formula is C18H31N3O3. The lowest BCUT2D eigenvalue weighted by atomic mass is 9.90. The standard InChI is InChI=1S/C18H31N3O3/c1-13(2)9-18(6,12-20-16(23)24-17(3,4)5)21-10-14-7-8-15(22)11-19-14/h7-8,11,13,21-22H,9-10,12H2,1-6H3,(H,20,23). The van der Waals surface area contributed by atoms with Crippen LogP contribution in [0.3, 0.4) is 0 Å². The second kappa shape index (κ2) is 8.33. The highest BCUT2D eigenvalue weighted by atomic mass is 16.6. The zero-order valence-electron chi connectivity index (χ0n) is 15.6. The maximum atomic E-state index is 11.9. The van der Waals surface area contributed by atoms with Crippen molar-refractivity contribution in [2.45, 2.75) is 65.6 Å². The molecule has 6 nitrogen and oxygen atoms in total. The van der Waals surface area contributed by atoms with Crippen molar-refractivity contribution < 1.29 is 14.6 Å². The summed E-state index contributed by atoms with van der Waals surface area (Å²) in [5, 5.41) is 15.6. The number of aromatic hydroxyl groups is 1. The van der Waals surface area contributed by atoms with Crippen LogP contribution in [0.4, 0.5) is 4.79 Å². The Bertz CT molecular complexity index is 523. The number of hydrogen-bond donors (Lipinski definition) is 3. The maximum Gasteiger partial charge on any atom is 0.407 e. The third-order valence-electron chi connectivity index (χ3n) is 3.39. The minimum Gasteiger partial charge on any atom is -0.506 e. The Balaban J connectivity index is 2.64. The molecule has 1 amide bonds. The summed E-state index contributed by atoms with van der Waals surface area (Å²) in [6.07, 6.45) is 1.90. The van der Waals surface area contributed by atoms with E-state index in [1.807, 2.05) is 20.8 Å². The highest BCUT2D eigenvalue weighted by Crippen LogP contribution is 2.17. The van der Waals surface area contributed by atoms with Gasteiger partial charge in [0.1, 0.15) is 11.4 Å². The largest absolute Gasteiger partial charge is 0.506 e. The summed E-state index contributed by atoms with van der Waals surface area (Å²) in [6, 6.07) is 3.39. The Morgan fingerprint density at radius 1 is 1.29 bits per heavy atom. The Morgan fingerprint density at radius 2 is 1.96 bits per heavy atom. The molecule has 1 aromatic rings. The van der Waals surface area contributed by atoms with Gasteiger partial charge in [0, 0.05) is 18.6 Å². The third kappa shape index (κ3) is 8.15. The number of carbonyl (C=O) groups is 1. The summed E-state index contributed by atoms with van der Waals surface area (Å²) in [6.45, 7) is 12.9. The van der Waals surface area contributed by atoms with Gasteiger partial charge < -0.3 is 20.5 Å². The van der Waals surface area contributed by atoms with Crippen molar-refractivity contribution >= 4 is 6.09 Å². The number of amides is 1. The van der Waals surface area contributed by atoms with Gasteiger partial charge in [0.25, 0.3) is 0 Å². The van der Waals surface area contributed by atoms with Crippen LogP contribution in [-0.2, 0) is 11.3 Å². The lowest BCUT2D eigenvalue weighted by molar-refractivity contribution is 0.0507. The van der Waals surface area contributed by atoms with Crippen molar-refractivity contribution in [1.82, 2.24) is 15.6 Å². The number of carbonyl (C=O) groups excluding carboxylic acids is 1. The number of rotatable bonds is 7.